The summed E-state index contributed by atoms with van der Waals surface area (Å²) in [6.45, 7) is 14.2. The highest BCUT2D eigenvalue weighted by molar-refractivity contribution is 5.86. The lowest BCUT2D eigenvalue weighted by Crippen LogP contribution is -2.60. The predicted octanol–water partition coefficient (Wildman–Crippen LogP) is 2.86. The zero-order valence-corrected chi connectivity index (χ0v) is 33.9. The van der Waals surface area contributed by atoms with Crippen molar-refractivity contribution >= 4 is 23.7 Å². The third kappa shape index (κ3) is 12.3. The first-order valence-corrected chi connectivity index (χ1v) is 18.8. The Hall–Kier alpha value is -3.36. The van der Waals surface area contributed by atoms with Crippen LogP contribution in [0.3, 0.4) is 0 Å². The van der Waals surface area contributed by atoms with Crippen molar-refractivity contribution in [1.82, 2.24) is 25.3 Å². The molecule has 3 N–H and O–H groups in total. The molecule has 1 aromatic rings. The molecule has 0 bridgehead atoms. The molecule has 10 atom stereocenters. The van der Waals surface area contributed by atoms with E-state index < -0.39 is 54.5 Å². The number of likely N-dealkylation sites (tertiary alicyclic amines) is 1. The highest BCUT2D eigenvalue weighted by Crippen LogP contribution is 2.30. The summed E-state index contributed by atoms with van der Waals surface area (Å²) in [6.07, 6.45) is 1.56. The Balaban J connectivity index is 2.25. The Morgan fingerprint density at radius 1 is 1.00 bits per heavy atom. The number of aliphatic hydroxyl groups is 1. The summed E-state index contributed by atoms with van der Waals surface area (Å²) in [5.41, 5.74) is 0.877. The van der Waals surface area contributed by atoms with Crippen molar-refractivity contribution in [1.29, 1.82) is 0 Å². The van der Waals surface area contributed by atoms with E-state index in [0.29, 0.717) is 13.0 Å². The molecule has 0 aromatic heterocycles. The first-order chi connectivity index (χ1) is 25.1. The Labute approximate surface area is 317 Å². The van der Waals surface area contributed by atoms with Gasteiger partial charge in [-0.05, 0) is 51.4 Å². The Morgan fingerprint density at radius 2 is 1.64 bits per heavy atom. The molecule has 0 aliphatic carbocycles. The number of carbonyl (C=O) groups is 4. The second-order valence-corrected chi connectivity index (χ2v) is 14.9. The predicted molar refractivity (Wildman–Crippen MR) is 206 cm³/mol. The lowest BCUT2D eigenvalue weighted by Gasteiger charge is -2.42. The zero-order chi connectivity index (χ0) is 40.0. The van der Waals surface area contributed by atoms with Crippen LogP contribution in [0, 0.1) is 17.8 Å². The van der Waals surface area contributed by atoms with Gasteiger partial charge in [-0.3, -0.25) is 24.2 Å². The number of hydrogen-bond acceptors (Lipinski definition) is 10. The van der Waals surface area contributed by atoms with Gasteiger partial charge in [0.1, 0.15) is 12.3 Å². The fourth-order valence-corrected chi connectivity index (χ4v) is 7.75. The highest BCUT2D eigenvalue weighted by Gasteiger charge is 2.43. The molecule has 13 nitrogen and oxygen atoms in total. The number of esters is 1. The van der Waals surface area contributed by atoms with Crippen LogP contribution in [0.1, 0.15) is 65.9 Å². The molecule has 53 heavy (non-hydrogen) atoms. The average molecular weight is 746 g/mol. The summed E-state index contributed by atoms with van der Waals surface area (Å²) < 4.78 is 16.9. The highest BCUT2D eigenvalue weighted by atomic mass is 16.5. The molecule has 1 aliphatic heterocycles. The van der Waals surface area contributed by atoms with E-state index in [1.54, 1.807) is 30.9 Å². The summed E-state index contributed by atoms with van der Waals surface area (Å²) in [4.78, 5) is 59.1. The fourth-order valence-electron chi connectivity index (χ4n) is 7.75. The van der Waals surface area contributed by atoms with Gasteiger partial charge in [-0.25, -0.2) is 4.79 Å². The maximum atomic E-state index is 14.2. The number of ether oxygens (including phenoxy) is 3. The number of methoxy groups -OCH3 is 3. The lowest BCUT2D eigenvalue weighted by molar-refractivity contribution is -0.147. The molecule has 13 heteroatoms. The van der Waals surface area contributed by atoms with Crippen LogP contribution in [0.25, 0.3) is 0 Å². The maximum absolute atomic E-state index is 14.2. The number of amides is 3. The molecule has 1 heterocycles. The quantitative estimate of drug-likeness (QED) is 0.0920. The van der Waals surface area contributed by atoms with Crippen LogP contribution in [-0.4, -0.2) is 141 Å². The van der Waals surface area contributed by atoms with Crippen molar-refractivity contribution in [3.63, 3.8) is 0 Å². The van der Waals surface area contributed by atoms with Gasteiger partial charge in [0.05, 0.1) is 49.8 Å². The van der Waals surface area contributed by atoms with Gasteiger partial charge in [0.2, 0.25) is 17.7 Å². The smallest absolute Gasteiger partial charge is 0.328 e. The summed E-state index contributed by atoms with van der Waals surface area (Å²) in [7, 11) is 9.84. The molecule has 0 radical (unpaired) electrons. The number of hydrogen-bond donors (Lipinski definition) is 3. The van der Waals surface area contributed by atoms with Gasteiger partial charge < -0.3 is 34.9 Å². The number of rotatable bonds is 22. The Kier molecular flexibility index (Phi) is 19.1. The molecular weight excluding hydrogens is 678 g/mol. The number of nitrogens with one attached hydrogen (secondary N) is 2. The Morgan fingerprint density at radius 3 is 2.15 bits per heavy atom. The first kappa shape index (κ1) is 45.8. The molecule has 2 rings (SSSR count). The first-order valence-electron chi connectivity index (χ1n) is 18.8. The number of carbonyl (C=O) groups excluding carboxylic acids is 4. The van der Waals surface area contributed by atoms with Crippen LogP contribution in [0.2, 0.25) is 0 Å². The summed E-state index contributed by atoms with van der Waals surface area (Å²) in [5.74, 6) is -1.94. The zero-order valence-electron chi connectivity index (χ0n) is 33.9. The SMILES string of the molecule is C=CC(NC(=O)[C@H](C(C)C)N(C)C)C(O)N(C)[C@@H](C(C)CC)[C@@H](CC(=O)N1CCC[C@H]1[C@H](OC)[C@@H](C)C(=O)NC(Cc1ccccc1)C(=O)OC)OC. The number of benzene rings is 1. The van der Waals surface area contributed by atoms with Crippen LogP contribution in [0.5, 0.6) is 0 Å². The van der Waals surface area contributed by atoms with Crippen molar-refractivity contribution in [2.24, 2.45) is 17.8 Å². The van der Waals surface area contributed by atoms with E-state index in [1.165, 1.54) is 20.3 Å². The van der Waals surface area contributed by atoms with Gasteiger partial charge in [0, 0.05) is 33.2 Å². The normalized spacial score (nSPS) is 19.8. The summed E-state index contributed by atoms with van der Waals surface area (Å²) in [5, 5.41) is 17.5. The summed E-state index contributed by atoms with van der Waals surface area (Å²) >= 11 is 0. The van der Waals surface area contributed by atoms with E-state index >= 15 is 0 Å². The van der Waals surface area contributed by atoms with Gasteiger partial charge in [0.25, 0.3) is 0 Å². The molecule has 4 unspecified atom stereocenters. The minimum absolute atomic E-state index is 0.00205. The largest absolute Gasteiger partial charge is 0.467 e. The molecule has 1 fully saturated rings. The van der Waals surface area contributed by atoms with Crippen molar-refractivity contribution in [2.45, 2.75) is 115 Å². The van der Waals surface area contributed by atoms with Gasteiger partial charge in [0.15, 0.2) is 0 Å². The minimum Gasteiger partial charge on any atom is -0.467 e. The molecule has 1 aliphatic rings. The molecule has 1 aromatic carbocycles. The second-order valence-electron chi connectivity index (χ2n) is 14.9. The Bertz CT molecular complexity index is 1310. The molecule has 3 amide bonds. The average Bonchev–Trinajstić information content (AvgIpc) is 3.62. The van der Waals surface area contributed by atoms with Crippen LogP contribution >= 0.6 is 0 Å². The van der Waals surface area contributed by atoms with Gasteiger partial charge >= 0.3 is 5.97 Å². The third-order valence-electron chi connectivity index (χ3n) is 10.8. The molecule has 0 spiro atoms. The number of likely N-dealkylation sites (N-methyl/N-ethyl adjacent to an activating group) is 2. The lowest BCUT2D eigenvalue weighted by atomic mass is 9.89. The standard InChI is InChI=1S/C40H67N5O8/c1-13-26(5)35(44(9)39(49)29(14-2)41-38(48)34(25(3)4)43(7)8)32(51-10)24-33(46)45-22-18-21-31(45)36(52-11)27(6)37(47)42-30(40(50)53-12)23-28-19-16-15-17-20-28/h14-17,19-20,25-27,29-32,34-36,39,49H,2,13,18,21-24H2,1,3-12H3,(H,41,48)(H,42,47)/t26?,27-,29?,30?,31+,32-,34+,35+,36-,39?/m1/s1. The van der Waals surface area contributed by atoms with Crippen molar-refractivity contribution < 1.29 is 38.5 Å². The molecule has 0 saturated carbocycles. The molecule has 1 saturated heterocycles. The summed E-state index contributed by atoms with van der Waals surface area (Å²) in [6, 6.07) is 6.53. The molecular formula is C40H67N5O8. The van der Waals surface area contributed by atoms with E-state index in [2.05, 4.69) is 17.2 Å². The van der Waals surface area contributed by atoms with Gasteiger partial charge in [-0.2, -0.15) is 0 Å². The van der Waals surface area contributed by atoms with Crippen molar-refractivity contribution in [2.75, 3.05) is 49.0 Å². The van der Waals surface area contributed by atoms with E-state index in [4.69, 9.17) is 14.2 Å². The maximum Gasteiger partial charge on any atom is 0.328 e. The van der Waals surface area contributed by atoms with Crippen molar-refractivity contribution in [3.8, 4) is 0 Å². The fraction of sp³-hybridized carbons (Fsp3) is 0.700. The van der Waals surface area contributed by atoms with Gasteiger partial charge in [-0.15, -0.1) is 6.58 Å². The van der Waals surface area contributed by atoms with Gasteiger partial charge in [-0.1, -0.05) is 77.4 Å². The van der Waals surface area contributed by atoms with E-state index in [9.17, 15) is 24.3 Å². The van der Waals surface area contributed by atoms with Crippen molar-refractivity contribution in [3.05, 3.63) is 48.6 Å². The van der Waals surface area contributed by atoms with Crippen LogP contribution in [0.15, 0.2) is 43.0 Å². The number of aliphatic hydroxyl groups excluding tert-OH is 1. The van der Waals surface area contributed by atoms with E-state index in [1.807, 2.05) is 77.0 Å². The second kappa shape index (κ2) is 22.1. The van der Waals surface area contributed by atoms with E-state index in [0.717, 1.165) is 18.4 Å². The topological polar surface area (TPSA) is 150 Å². The number of nitrogens with zero attached hydrogens (tertiary/aromatic N) is 3. The minimum atomic E-state index is -1.15. The monoisotopic (exact) mass is 745 g/mol. The van der Waals surface area contributed by atoms with Crippen LogP contribution in [0.4, 0.5) is 0 Å². The molecule has 300 valence electrons. The third-order valence-corrected chi connectivity index (χ3v) is 10.8. The van der Waals surface area contributed by atoms with Crippen LogP contribution < -0.4 is 10.6 Å². The van der Waals surface area contributed by atoms with E-state index in [-0.39, 0.29) is 48.4 Å². The van der Waals surface area contributed by atoms with Crippen LogP contribution in [-0.2, 0) is 39.8 Å².